The number of allylic oxidation sites excluding steroid dienone is 1. The summed E-state index contributed by atoms with van der Waals surface area (Å²) in [6, 6.07) is 8.36. The van der Waals surface area contributed by atoms with E-state index in [1.54, 1.807) is 0 Å². The van der Waals surface area contributed by atoms with Gasteiger partial charge in [-0.05, 0) is 12.5 Å². The molecule has 0 aromatic heterocycles. The monoisotopic (exact) mass is 245 g/mol. The summed E-state index contributed by atoms with van der Waals surface area (Å²) in [5.41, 5.74) is 3.72. The standard InChI is InChI=1S/C15H19NO2/c1-3-18-15(17)8-9-16-14-10-11(2)12-6-4-5-7-13(12)14/h4-7,10-11,16H,3,8-9H2,1-2H3/t11-/m0/s1. The second-order valence-corrected chi connectivity index (χ2v) is 4.44. The van der Waals surface area contributed by atoms with Crippen molar-refractivity contribution in [2.75, 3.05) is 13.2 Å². The molecule has 0 spiro atoms. The van der Waals surface area contributed by atoms with Crippen molar-refractivity contribution in [1.29, 1.82) is 0 Å². The van der Waals surface area contributed by atoms with E-state index in [1.807, 2.05) is 13.0 Å². The van der Waals surface area contributed by atoms with Gasteiger partial charge < -0.3 is 10.1 Å². The SMILES string of the molecule is CCOC(=O)CCNC1=C[C@H](C)c2ccccc21. The van der Waals surface area contributed by atoms with Gasteiger partial charge in [-0.2, -0.15) is 0 Å². The van der Waals surface area contributed by atoms with Gasteiger partial charge in [-0.1, -0.05) is 37.3 Å². The molecule has 0 radical (unpaired) electrons. The van der Waals surface area contributed by atoms with Crippen LogP contribution in [0.2, 0.25) is 0 Å². The lowest BCUT2D eigenvalue weighted by Gasteiger charge is -2.09. The molecule has 18 heavy (non-hydrogen) atoms. The average molecular weight is 245 g/mol. The predicted octanol–water partition coefficient (Wildman–Crippen LogP) is 2.69. The van der Waals surface area contributed by atoms with Gasteiger partial charge in [-0.3, -0.25) is 4.79 Å². The second-order valence-electron chi connectivity index (χ2n) is 4.44. The Morgan fingerprint density at radius 1 is 1.39 bits per heavy atom. The lowest BCUT2D eigenvalue weighted by Crippen LogP contribution is -2.17. The highest BCUT2D eigenvalue weighted by Crippen LogP contribution is 2.33. The van der Waals surface area contributed by atoms with Crippen molar-refractivity contribution in [3.8, 4) is 0 Å². The smallest absolute Gasteiger partial charge is 0.307 e. The Morgan fingerprint density at radius 2 is 2.17 bits per heavy atom. The van der Waals surface area contributed by atoms with E-state index >= 15 is 0 Å². The van der Waals surface area contributed by atoms with Gasteiger partial charge in [0.2, 0.25) is 0 Å². The molecule has 1 aliphatic carbocycles. The van der Waals surface area contributed by atoms with Gasteiger partial charge in [-0.25, -0.2) is 0 Å². The number of carbonyl (C=O) groups is 1. The number of hydrogen-bond donors (Lipinski definition) is 1. The quantitative estimate of drug-likeness (QED) is 0.810. The maximum atomic E-state index is 11.2. The van der Waals surface area contributed by atoms with Gasteiger partial charge in [0.15, 0.2) is 0 Å². The van der Waals surface area contributed by atoms with E-state index in [1.165, 1.54) is 11.1 Å². The fraction of sp³-hybridized carbons (Fsp3) is 0.400. The Balaban J connectivity index is 1.92. The van der Waals surface area contributed by atoms with Crippen LogP contribution in [-0.2, 0) is 9.53 Å². The zero-order valence-corrected chi connectivity index (χ0v) is 10.9. The summed E-state index contributed by atoms with van der Waals surface area (Å²) < 4.78 is 4.90. The highest BCUT2D eigenvalue weighted by molar-refractivity contribution is 5.74. The summed E-state index contributed by atoms with van der Waals surface area (Å²) in [5.74, 6) is 0.288. The van der Waals surface area contributed by atoms with Crippen molar-refractivity contribution < 1.29 is 9.53 Å². The van der Waals surface area contributed by atoms with Gasteiger partial charge in [-0.15, -0.1) is 0 Å². The summed E-state index contributed by atoms with van der Waals surface area (Å²) in [4.78, 5) is 11.2. The second kappa shape index (κ2) is 5.71. The number of hydrogen-bond acceptors (Lipinski definition) is 3. The minimum absolute atomic E-state index is 0.148. The molecule has 1 atom stereocenters. The number of rotatable bonds is 5. The molecule has 1 aromatic carbocycles. The molecule has 0 saturated carbocycles. The van der Waals surface area contributed by atoms with Gasteiger partial charge >= 0.3 is 5.97 Å². The third kappa shape index (κ3) is 2.73. The molecule has 3 nitrogen and oxygen atoms in total. The third-order valence-electron chi connectivity index (χ3n) is 3.11. The number of carbonyl (C=O) groups excluding carboxylic acids is 1. The molecule has 0 heterocycles. The van der Waals surface area contributed by atoms with Crippen LogP contribution < -0.4 is 5.32 Å². The first kappa shape index (κ1) is 12.7. The topological polar surface area (TPSA) is 38.3 Å². The molecule has 96 valence electrons. The summed E-state index contributed by atoms with van der Waals surface area (Å²) in [7, 11) is 0. The molecule has 0 amide bonds. The molecule has 1 aliphatic rings. The van der Waals surface area contributed by atoms with Crippen molar-refractivity contribution in [3.05, 3.63) is 41.5 Å². The largest absolute Gasteiger partial charge is 0.466 e. The van der Waals surface area contributed by atoms with Crippen LogP contribution in [0.25, 0.3) is 5.70 Å². The van der Waals surface area contributed by atoms with Gasteiger partial charge in [0.25, 0.3) is 0 Å². The number of nitrogens with one attached hydrogen (secondary N) is 1. The Morgan fingerprint density at radius 3 is 2.94 bits per heavy atom. The first-order valence-electron chi connectivity index (χ1n) is 6.43. The number of fused-ring (bicyclic) bond motifs is 1. The fourth-order valence-electron chi connectivity index (χ4n) is 2.26. The van der Waals surface area contributed by atoms with Crippen molar-refractivity contribution >= 4 is 11.7 Å². The first-order chi connectivity index (χ1) is 8.72. The summed E-state index contributed by atoms with van der Waals surface area (Å²) in [5, 5.41) is 3.32. The lowest BCUT2D eigenvalue weighted by atomic mass is 10.0. The number of ether oxygens (including phenoxy) is 1. The van der Waals surface area contributed by atoms with Gasteiger partial charge in [0.05, 0.1) is 13.0 Å². The van der Waals surface area contributed by atoms with Gasteiger partial charge in [0, 0.05) is 23.7 Å². The highest BCUT2D eigenvalue weighted by atomic mass is 16.5. The van der Waals surface area contributed by atoms with Crippen LogP contribution in [0.4, 0.5) is 0 Å². The van der Waals surface area contributed by atoms with Crippen molar-refractivity contribution in [2.24, 2.45) is 0 Å². The highest BCUT2D eigenvalue weighted by Gasteiger charge is 2.19. The summed E-state index contributed by atoms with van der Waals surface area (Å²) in [6.45, 7) is 5.06. The molecular formula is C15H19NO2. The molecule has 0 bridgehead atoms. The first-order valence-corrected chi connectivity index (χ1v) is 6.43. The van der Waals surface area contributed by atoms with E-state index in [-0.39, 0.29) is 5.97 Å². The van der Waals surface area contributed by atoms with Gasteiger partial charge in [0.1, 0.15) is 0 Å². The van der Waals surface area contributed by atoms with Crippen molar-refractivity contribution in [1.82, 2.24) is 5.32 Å². The Labute approximate surface area is 108 Å². The average Bonchev–Trinajstić information content (AvgIpc) is 2.68. The Bertz CT molecular complexity index is 465. The normalized spacial score (nSPS) is 17.0. The molecule has 0 saturated heterocycles. The maximum absolute atomic E-state index is 11.2. The lowest BCUT2D eigenvalue weighted by molar-refractivity contribution is -0.142. The zero-order valence-electron chi connectivity index (χ0n) is 10.9. The molecule has 1 aromatic rings. The van der Waals surface area contributed by atoms with Crippen LogP contribution in [0.15, 0.2) is 30.3 Å². The molecule has 0 unspecified atom stereocenters. The van der Waals surface area contributed by atoms with Crippen LogP contribution in [0.5, 0.6) is 0 Å². The van der Waals surface area contributed by atoms with Crippen LogP contribution in [0, 0.1) is 0 Å². The minimum atomic E-state index is -0.148. The van der Waals surface area contributed by atoms with Crippen LogP contribution in [0.1, 0.15) is 37.3 Å². The van der Waals surface area contributed by atoms with E-state index in [2.05, 4.69) is 36.5 Å². The van der Waals surface area contributed by atoms with Crippen LogP contribution in [0.3, 0.4) is 0 Å². The molecule has 2 rings (SSSR count). The van der Waals surface area contributed by atoms with Crippen LogP contribution in [-0.4, -0.2) is 19.1 Å². The van der Waals surface area contributed by atoms with Crippen molar-refractivity contribution in [2.45, 2.75) is 26.2 Å². The zero-order chi connectivity index (χ0) is 13.0. The molecule has 0 fully saturated rings. The van der Waals surface area contributed by atoms with E-state index in [9.17, 15) is 4.79 Å². The van der Waals surface area contributed by atoms with E-state index in [0.29, 0.717) is 25.5 Å². The predicted molar refractivity (Wildman–Crippen MR) is 72.1 cm³/mol. The Kier molecular flexibility index (Phi) is 4.03. The maximum Gasteiger partial charge on any atom is 0.307 e. The molecule has 0 aliphatic heterocycles. The van der Waals surface area contributed by atoms with Crippen LogP contribution >= 0.6 is 0 Å². The third-order valence-corrected chi connectivity index (χ3v) is 3.11. The fourth-order valence-corrected chi connectivity index (χ4v) is 2.26. The number of benzene rings is 1. The Hall–Kier alpha value is -1.77. The summed E-state index contributed by atoms with van der Waals surface area (Å²) >= 11 is 0. The van der Waals surface area contributed by atoms with E-state index in [4.69, 9.17) is 4.74 Å². The van der Waals surface area contributed by atoms with E-state index < -0.39 is 0 Å². The van der Waals surface area contributed by atoms with E-state index in [0.717, 1.165) is 5.70 Å². The summed E-state index contributed by atoms with van der Waals surface area (Å²) in [6.07, 6.45) is 2.61. The minimum Gasteiger partial charge on any atom is -0.466 e. The molecule has 1 N–H and O–H groups in total. The van der Waals surface area contributed by atoms with Crippen molar-refractivity contribution in [3.63, 3.8) is 0 Å². The number of esters is 1. The molecular weight excluding hydrogens is 226 g/mol. The molecule has 3 heteroatoms.